The molecule has 1 aromatic carbocycles. The van der Waals surface area contributed by atoms with E-state index in [-0.39, 0.29) is 30.4 Å². The minimum absolute atomic E-state index is 0.0303. The van der Waals surface area contributed by atoms with Gasteiger partial charge in [-0.25, -0.2) is 0 Å². The summed E-state index contributed by atoms with van der Waals surface area (Å²) in [6.07, 6.45) is 5.39. The SMILES string of the molecule is O=C1CC2(CCCCC2)CC(=O)N1CC(O)COCc1ccccc1. The molecule has 25 heavy (non-hydrogen) atoms. The number of imide groups is 1. The van der Waals surface area contributed by atoms with Crippen LogP contribution in [0.1, 0.15) is 50.5 Å². The van der Waals surface area contributed by atoms with Crippen molar-refractivity contribution in [1.29, 1.82) is 0 Å². The molecule has 1 atom stereocenters. The predicted molar refractivity (Wildman–Crippen MR) is 93.6 cm³/mol. The second-order valence-electron chi connectivity index (χ2n) is 7.47. The predicted octanol–water partition coefficient (Wildman–Crippen LogP) is 2.66. The first-order valence-electron chi connectivity index (χ1n) is 9.21. The molecule has 0 aromatic heterocycles. The lowest BCUT2D eigenvalue weighted by atomic mass is 9.67. The Bertz CT molecular complexity index is 575. The number of carbonyl (C=O) groups excluding carboxylic acids is 2. The van der Waals surface area contributed by atoms with Crippen molar-refractivity contribution in [3.8, 4) is 0 Å². The summed E-state index contributed by atoms with van der Waals surface area (Å²) < 4.78 is 5.50. The molecule has 2 fully saturated rings. The molecule has 1 aliphatic carbocycles. The van der Waals surface area contributed by atoms with Crippen molar-refractivity contribution in [3.63, 3.8) is 0 Å². The maximum absolute atomic E-state index is 12.5. The van der Waals surface area contributed by atoms with Crippen molar-refractivity contribution in [2.75, 3.05) is 13.2 Å². The Hall–Kier alpha value is -1.72. The lowest BCUT2D eigenvalue weighted by molar-refractivity contribution is -0.157. The number of hydrogen-bond donors (Lipinski definition) is 1. The number of ether oxygens (including phenoxy) is 1. The van der Waals surface area contributed by atoms with Crippen molar-refractivity contribution in [3.05, 3.63) is 35.9 Å². The highest BCUT2D eigenvalue weighted by Gasteiger charge is 2.44. The molecule has 1 N–H and O–H groups in total. The molecular weight excluding hydrogens is 318 g/mol. The summed E-state index contributed by atoms with van der Waals surface area (Å²) >= 11 is 0. The molecular formula is C20H27NO4. The first-order chi connectivity index (χ1) is 12.1. The fourth-order valence-corrected chi connectivity index (χ4v) is 4.04. The molecule has 5 heteroatoms. The van der Waals surface area contributed by atoms with E-state index in [9.17, 15) is 14.7 Å². The topological polar surface area (TPSA) is 66.8 Å². The quantitative estimate of drug-likeness (QED) is 0.805. The highest BCUT2D eigenvalue weighted by atomic mass is 16.5. The number of rotatable bonds is 6. The van der Waals surface area contributed by atoms with Gasteiger partial charge in [-0.2, -0.15) is 0 Å². The fourth-order valence-electron chi connectivity index (χ4n) is 4.04. The molecule has 0 bridgehead atoms. The van der Waals surface area contributed by atoms with Crippen LogP contribution in [0.2, 0.25) is 0 Å². The van der Waals surface area contributed by atoms with Gasteiger partial charge in [0.15, 0.2) is 0 Å². The van der Waals surface area contributed by atoms with E-state index in [2.05, 4.69) is 0 Å². The summed E-state index contributed by atoms with van der Waals surface area (Å²) in [5.74, 6) is -0.277. The van der Waals surface area contributed by atoms with Gasteiger partial charge in [-0.1, -0.05) is 49.6 Å². The Morgan fingerprint density at radius 2 is 1.68 bits per heavy atom. The lowest BCUT2D eigenvalue weighted by Gasteiger charge is -2.42. The Kier molecular flexibility index (Phi) is 5.86. The molecule has 1 saturated carbocycles. The third-order valence-corrected chi connectivity index (χ3v) is 5.38. The number of likely N-dealkylation sites (tertiary alicyclic amines) is 1. The number of amides is 2. The largest absolute Gasteiger partial charge is 0.389 e. The molecule has 2 aliphatic rings. The van der Waals surface area contributed by atoms with Gasteiger partial charge in [0, 0.05) is 12.8 Å². The molecule has 1 saturated heterocycles. The van der Waals surface area contributed by atoms with Gasteiger partial charge in [-0.3, -0.25) is 14.5 Å². The van der Waals surface area contributed by atoms with Crippen LogP contribution in [0.5, 0.6) is 0 Å². The van der Waals surface area contributed by atoms with E-state index in [0.29, 0.717) is 19.4 Å². The van der Waals surface area contributed by atoms with Crippen molar-refractivity contribution in [2.24, 2.45) is 5.41 Å². The van der Waals surface area contributed by atoms with Crippen molar-refractivity contribution in [2.45, 2.75) is 57.7 Å². The number of β-amino-alcohol motifs (C(OH)–C–C–N with tert-alkyl or cyclic N) is 1. The highest BCUT2D eigenvalue weighted by Crippen LogP contribution is 2.45. The Morgan fingerprint density at radius 1 is 1.04 bits per heavy atom. The van der Waals surface area contributed by atoms with Crippen LogP contribution in [0, 0.1) is 5.41 Å². The number of hydrogen-bond acceptors (Lipinski definition) is 4. The van der Waals surface area contributed by atoms with Gasteiger partial charge in [0.05, 0.1) is 25.9 Å². The first-order valence-corrected chi connectivity index (χ1v) is 9.21. The summed E-state index contributed by atoms with van der Waals surface area (Å²) in [7, 11) is 0. The number of carbonyl (C=O) groups is 2. The van der Waals surface area contributed by atoms with Crippen molar-refractivity contribution < 1.29 is 19.4 Å². The zero-order chi connectivity index (χ0) is 17.7. The van der Waals surface area contributed by atoms with Crippen LogP contribution in [0.15, 0.2) is 30.3 Å². The Balaban J connectivity index is 1.47. The molecule has 0 radical (unpaired) electrons. The van der Waals surface area contributed by atoms with E-state index in [4.69, 9.17) is 4.74 Å². The minimum Gasteiger partial charge on any atom is -0.389 e. The van der Waals surface area contributed by atoms with E-state index < -0.39 is 6.10 Å². The molecule has 1 aliphatic heterocycles. The highest BCUT2D eigenvalue weighted by molar-refractivity contribution is 5.98. The van der Waals surface area contributed by atoms with Crippen LogP contribution in [0.4, 0.5) is 0 Å². The Morgan fingerprint density at radius 3 is 2.32 bits per heavy atom. The molecule has 1 heterocycles. The van der Waals surface area contributed by atoms with Crippen LogP contribution in [-0.4, -0.2) is 41.1 Å². The summed E-state index contributed by atoms with van der Waals surface area (Å²) in [6, 6.07) is 9.70. The van der Waals surface area contributed by atoms with Crippen LogP contribution in [0.3, 0.4) is 0 Å². The van der Waals surface area contributed by atoms with Gasteiger partial charge < -0.3 is 9.84 Å². The summed E-state index contributed by atoms with van der Waals surface area (Å²) in [6.45, 7) is 0.544. The van der Waals surface area contributed by atoms with Gasteiger partial charge in [-0.05, 0) is 23.8 Å². The maximum atomic E-state index is 12.5. The summed E-state index contributed by atoms with van der Waals surface area (Å²) in [4.78, 5) is 26.2. The monoisotopic (exact) mass is 345 g/mol. The normalized spacial score (nSPS) is 21.6. The number of piperidine rings is 1. The zero-order valence-electron chi connectivity index (χ0n) is 14.7. The van der Waals surface area contributed by atoms with E-state index in [1.54, 1.807) is 0 Å². The number of nitrogens with zero attached hydrogens (tertiary/aromatic N) is 1. The standard InChI is InChI=1S/C20H27NO4/c22-17(15-25-14-16-7-3-1-4-8-16)13-21-18(23)11-20(12-19(21)24)9-5-2-6-10-20/h1,3-4,7-8,17,22H,2,5-6,9-15H2. The van der Waals surface area contributed by atoms with E-state index in [1.165, 1.54) is 11.3 Å². The average molecular weight is 345 g/mol. The molecule has 136 valence electrons. The number of aliphatic hydroxyl groups is 1. The molecule has 2 amide bonds. The summed E-state index contributed by atoms with van der Waals surface area (Å²) in [5.41, 5.74) is 0.913. The first kappa shape index (κ1) is 18.1. The van der Waals surface area contributed by atoms with Crippen LogP contribution in [-0.2, 0) is 20.9 Å². The smallest absolute Gasteiger partial charge is 0.229 e. The fraction of sp³-hybridized carbons (Fsp3) is 0.600. The van der Waals surface area contributed by atoms with E-state index in [0.717, 1.165) is 31.2 Å². The maximum Gasteiger partial charge on any atom is 0.229 e. The number of benzene rings is 1. The second-order valence-corrected chi connectivity index (χ2v) is 7.47. The molecule has 1 aromatic rings. The van der Waals surface area contributed by atoms with E-state index >= 15 is 0 Å². The Labute approximate surface area is 149 Å². The minimum atomic E-state index is -0.850. The van der Waals surface area contributed by atoms with Gasteiger partial charge >= 0.3 is 0 Å². The van der Waals surface area contributed by atoms with Crippen LogP contribution in [0.25, 0.3) is 0 Å². The van der Waals surface area contributed by atoms with Crippen LogP contribution < -0.4 is 0 Å². The molecule has 3 rings (SSSR count). The van der Waals surface area contributed by atoms with Crippen LogP contribution >= 0.6 is 0 Å². The molecule has 1 unspecified atom stereocenters. The average Bonchev–Trinajstić information content (AvgIpc) is 2.60. The van der Waals surface area contributed by atoms with Gasteiger partial charge in [-0.15, -0.1) is 0 Å². The summed E-state index contributed by atoms with van der Waals surface area (Å²) in [5, 5.41) is 10.1. The lowest BCUT2D eigenvalue weighted by Crippen LogP contribution is -2.51. The molecule has 1 spiro atoms. The van der Waals surface area contributed by atoms with Crippen molar-refractivity contribution in [1.82, 2.24) is 4.90 Å². The number of aliphatic hydroxyl groups excluding tert-OH is 1. The van der Waals surface area contributed by atoms with Crippen molar-refractivity contribution >= 4 is 11.8 Å². The van der Waals surface area contributed by atoms with E-state index in [1.807, 2.05) is 30.3 Å². The molecule has 5 nitrogen and oxygen atoms in total. The van der Waals surface area contributed by atoms with Gasteiger partial charge in [0.1, 0.15) is 0 Å². The van der Waals surface area contributed by atoms with Gasteiger partial charge in [0.25, 0.3) is 0 Å². The zero-order valence-corrected chi connectivity index (χ0v) is 14.7. The second kappa shape index (κ2) is 8.11. The third-order valence-electron chi connectivity index (χ3n) is 5.38. The van der Waals surface area contributed by atoms with Gasteiger partial charge in [0.2, 0.25) is 11.8 Å². The third kappa shape index (κ3) is 4.67.